The molecule has 2 aromatic rings. The number of ether oxygens (including phenoxy) is 1. The zero-order valence-corrected chi connectivity index (χ0v) is 17.3. The number of nitrogens with zero attached hydrogens (tertiary/aromatic N) is 2. The molecule has 0 bridgehead atoms. The second-order valence-electron chi connectivity index (χ2n) is 6.59. The van der Waals surface area contributed by atoms with Crippen LogP contribution in [0, 0.1) is 11.3 Å². The van der Waals surface area contributed by atoms with Crippen molar-refractivity contribution in [3.63, 3.8) is 0 Å². The predicted molar refractivity (Wildman–Crippen MR) is 112 cm³/mol. The van der Waals surface area contributed by atoms with E-state index in [9.17, 15) is 13.7 Å². The molecule has 6 nitrogen and oxygen atoms in total. The van der Waals surface area contributed by atoms with Crippen LogP contribution < -0.4 is 14.4 Å². The number of alkyl halides is 1. The summed E-state index contributed by atoms with van der Waals surface area (Å²) in [7, 11) is -3.33. The van der Waals surface area contributed by atoms with Crippen molar-refractivity contribution in [1.82, 2.24) is 0 Å². The van der Waals surface area contributed by atoms with Crippen LogP contribution in [0.25, 0.3) is 0 Å². The monoisotopic (exact) mass is 419 g/mol. The van der Waals surface area contributed by atoms with Crippen molar-refractivity contribution < 1.29 is 13.2 Å². The molecule has 2 aromatic carbocycles. The van der Waals surface area contributed by atoms with E-state index >= 15 is 0 Å². The van der Waals surface area contributed by atoms with Crippen molar-refractivity contribution >= 4 is 33.0 Å². The average Bonchev–Trinajstić information content (AvgIpc) is 2.98. The van der Waals surface area contributed by atoms with Gasteiger partial charge in [0.15, 0.2) is 0 Å². The molecule has 0 aromatic heterocycles. The Kier molecular flexibility index (Phi) is 6.01. The predicted octanol–water partition coefficient (Wildman–Crippen LogP) is 3.86. The molecule has 8 heteroatoms. The number of sulfonamides is 1. The lowest BCUT2D eigenvalue weighted by molar-refractivity contribution is 0.343. The normalized spacial score (nSPS) is 18.4. The van der Waals surface area contributed by atoms with Crippen LogP contribution in [0.5, 0.6) is 5.75 Å². The smallest absolute Gasteiger partial charge is 0.229 e. The Labute approximate surface area is 170 Å². The highest BCUT2D eigenvalue weighted by molar-refractivity contribution is 7.92. The molecule has 1 heterocycles. The summed E-state index contributed by atoms with van der Waals surface area (Å²) in [5.41, 5.74) is 3.39. The fraction of sp³-hybridized carbons (Fsp3) is 0.350. The van der Waals surface area contributed by atoms with Gasteiger partial charge in [0.05, 0.1) is 30.2 Å². The Morgan fingerprint density at radius 1 is 1.25 bits per heavy atom. The molecule has 28 heavy (non-hydrogen) atoms. The SMILES string of the molecule is CCN1c2cc(OCCCl)ccc2C(C#N)C1c1ccc(NS(C)(=O)=O)cc1. The van der Waals surface area contributed by atoms with Crippen molar-refractivity contribution in [2.75, 3.05) is 34.9 Å². The number of benzene rings is 2. The first kappa shape index (κ1) is 20.3. The van der Waals surface area contributed by atoms with Crippen molar-refractivity contribution in [2.45, 2.75) is 18.9 Å². The summed E-state index contributed by atoms with van der Waals surface area (Å²) in [6.07, 6.45) is 1.11. The second kappa shape index (κ2) is 8.29. The number of halogens is 1. The summed E-state index contributed by atoms with van der Waals surface area (Å²) in [5, 5.41) is 9.86. The summed E-state index contributed by atoms with van der Waals surface area (Å²) >= 11 is 5.71. The lowest BCUT2D eigenvalue weighted by Gasteiger charge is -2.28. The number of likely N-dealkylation sites (N-methyl/N-ethyl adjacent to an activating group) is 1. The zero-order valence-electron chi connectivity index (χ0n) is 15.7. The molecule has 3 rings (SSSR count). The maximum Gasteiger partial charge on any atom is 0.229 e. The highest BCUT2D eigenvalue weighted by atomic mass is 35.5. The van der Waals surface area contributed by atoms with Crippen LogP contribution in [0.3, 0.4) is 0 Å². The van der Waals surface area contributed by atoms with Crippen LogP contribution in [-0.4, -0.2) is 33.7 Å². The van der Waals surface area contributed by atoms with Crippen molar-refractivity contribution in [3.8, 4) is 11.8 Å². The molecule has 0 saturated carbocycles. The lowest BCUT2D eigenvalue weighted by atomic mass is 9.91. The van der Waals surface area contributed by atoms with Gasteiger partial charge in [0, 0.05) is 24.0 Å². The Hall–Kier alpha value is -2.43. The number of hydrogen-bond acceptors (Lipinski definition) is 5. The lowest BCUT2D eigenvalue weighted by Crippen LogP contribution is -2.26. The molecule has 0 radical (unpaired) electrons. The van der Waals surface area contributed by atoms with Gasteiger partial charge in [0.25, 0.3) is 0 Å². The Morgan fingerprint density at radius 3 is 2.54 bits per heavy atom. The van der Waals surface area contributed by atoms with Gasteiger partial charge in [-0.3, -0.25) is 4.72 Å². The van der Waals surface area contributed by atoms with Gasteiger partial charge in [0.2, 0.25) is 10.0 Å². The minimum absolute atomic E-state index is 0.152. The van der Waals surface area contributed by atoms with Gasteiger partial charge in [-0.1, -0.05) is 18.2 Å². The van der Waals surface area contributed by atoms with Gasteiger partial charge in [-0.05, 0) is 36.2 Å². The number of nitriles is 1. The minimum Gasteiger partial charge on any atom is -0.492 e. The molecule has 1 aliphatic heterocycles. The molecule has 2 unspecified atom stereocenters. The fourth-order valence-corrected chi connectivity index (χ4v) is 4.26. The Bertz CT molecular complexity index is 987. The summed E-state index contributed by atoms with van der Waals surface area (Å²) < 4.78 is 30.9. The molecule has 0 spiro atoms. The molecule has 0 saturated heterocycles. The summed E-state index contributed by atoms with van der Waals surface area (Å²) in [6, 6.07) is 15.2. The van der Waals surface area contributed by atoms with E-state index in [0.717, 1.165) is 35.4 Å². The molecule has 1 N–H and O–H groups in total. The van der Waals surface area contributed by atoms with E-state index in [0.29, 0.717) is 18.2 Å². The second-order valence-corrected chi connectivity index (χ2v) is 8.72. The van der Waals surface area contributed by atoms with Crippen molar-refractivity contribution in [2.24, 2.45) is 0 Å². The Balaban J connectivity index is 1.95. The third kappa shape index (κ3) is 4.18. The third-order valence-electron chi connectivity index (χ3n) is 4.68. The van der Waals surface area contributed by atoms with Gasteiger partial charge in [-0.15, -0.1) is 11.6 Å². The molecular weight excluding hydrogens is 398 g/mol. The minimum atomic E-state index is -3.33. The van der Waals surface area contributed by atoms with Gasteiger partial charge < -0.3 is 9.64 Å². The van der Waals surface area contributed by atoms with E-state index in [1.54, 1.807) is 12.1 Å². The number of anilines is 2. The van der Waals surface area contributed by atoms with Crippen LogP contribution >= 0.6 is 11.6 Å². The molecule has 0 amide bonds. The zero-order chi connectivity index (χ0) is 20.3. The van der Waals surface area contributed by atoms with E-state index in [-0.39, 0.29) is 12.0 Å². The topological polar surface area (TPSA) is 82.4 Å². The van der Waals surface area contributed by atoms with Crippen molar-refractivity contribution in [3.05, 3.63) is 53.6 Å². The molecule has 0 aliphatic carbocycles. The van der Waals surface area contributed by atoms with E-state index in [1.165, 1.54) is 0 Å². The Morgan fingerprint density at radius 2 is 1.96 bits per heavy atom. The molecule has 2 atom stereocenters. The van der Waals surface area contributed by atoms with Gasteiger partial charge in [-0.25, -0.2) is 8.42 Å². The van der Waals surface area contributed by atoms with E-state index in [1.807, 2.05) is 37.3 Å². The standard InChI is InChI=1S/C20H22ClN3O3S/c1-3-24-19-12-16(27-11-10-21)8-9-17(19)18(13-22)20(24)14-4-6-15(7-5-14)23-28(2,25)26/h4-9,12,18,20,23H,3,10-11H2,1-2H3. The van der Waals surface area contributed by atoms with E-state index in [2.05, 4.69) is 15.7 Å². The van der Waals surface area contributed by atoms with Crippen molar-refractivity contribution in [1.29, 1.82) is 5.26 Å². The average molecular weight is 420 g/mol. The van der Waals surface area contributed by atoms with Crippen LogP contribution in [0.15, 0.2) is 42.5 Å². The largest absolute Gasteiger partial charge is 0.492 e. The third-order valence-corrected chi connectivity index (χ3v) is 5.44. The van der Waals surface area contributed by atoms with Gasteiger partial charge >= 0.3 is 0 Å². The number of hydrogen-bond donors (Lipinski definition) is 1. The quantitative estimate of drug-likeness (QED) is 0.689. The first-order chi connectivity index (χ1) is 13.4. The van der Waals surface area contributed by atoms with Gasteiger partial charge in [0.1, 0.15) is 12.4 Å². The van der Waals surface area contributed by atoms with Crippen LogP contribution in [0.1, 0.15) is 30.0 Å². The van der Waals surface area contributed by atoms with Crippen LogP contribution in [-0.2, 0) is 10.0 Å². The highest BCUT2D eigenvalue weighted by Gasteiger charge is 2.39. The maximum absolute atomic E-state index is 11.4. The summed E-state index contributed by atoms with van der Waals surface area (Å²) in [4.78, 5) is 2.18. The molecule has 148 valence electrons. The first-order valence-corrected chi connectivity index (χ1v) is 11.4. The number of nitrogens with one attached hydrogen (secondary N) is 1. The van der Waals surface area contributed by atoms with E-state index < -0.39 is 10.0 Å². The van der Waals surface area contributed by atoms with Crippen LogP contribution in [0.2, 0.25) is 0 Å². The van der Waals surface area contributed by atoms with Gasteiger partial charge in [-0.2, -0.15) is 5.26 Å². The highest BCUT2D eigenvalue weighted by Crippen LogP contribution is 2.49. The first-order valence-electron chi connectivity index (χ1n) is 8.94. The van der Waals surface area contributed by atoms with Crippen LogP contribution in [0.4, 0.5) is 11.4 Å². The molecular formula is C20H22ClN3O3S. The molecule has 0 fully saturated rings. The maximum atomic E-state index is 11.4. The summed E-state index contributed by atoms with van der Waals surface area (Å²) in [5.74, 6) is 0.806. The summed E-state index contributed by atoms with van der Waals surface area (Å²) in [6.45, 7) is 3.19. The fourth-order valence-electron chi connectivity index (χ4n) is 3.62. The molecule has 1 aliphatic rings. The number of fused-ring (bicyclic) bond motifs is 1. The van der Waals surface area contributed by atoms with E-state index in [4.69, 9.17) is 16.3 Å². The number of rotatable bonds is 7.